The number of hydrogen-bond donors (Lipinski definition) is 0. The molecular weight excluding hydrogens is 807 g/mol. The standard InChI is InChI=1S/C61H39N3O2/c1-3-13-38(14-4-1)47-33-48(39-15-5-2-6-16-39)35-49(34-47)44-27-30-52-57(36-44)66-55-24-12-22-53(58(52)55)61-63-59(45-20-11-19-42(32-45)43-26-25-40-17-7-8-18-41(40)31-43)62-60(64-61)46-28-29-51-50-21-9-10-23-54(50)65-56(51)37-46/h1-30,32-37,41H,31H2. The topological polar surface area (TPSA) is 65.0 Å². The molecule has 0 aliphatic heterocycles. The van der Waals surface area contributed by atoms with Gasteiger partial charge in [-0.3, -0.25) is 0 Å². The summed E-state index contributed by atoms with van der Waals surface area (Å²) in [5.74, 6) is 2.09. The fourth-order valence-corrected chi connectivity index (χ4v) is 9.74. The number of aromatic nitrogens is 3. The van der Waals surface area contributed by atoms with Gasteiger partial charge in [0.25, 0.3) is 0 Å². The van der Waals surface area contributed by atoms with Crippen molar-refractivity contribution < 1.29 is 8.83 Å². The smallest absolute Gasteiger partial charge is 0.164 e. The quantitative estimate of drug-likeness (QED) is 0.160. The molecule has 5 nitrogen and oxygen atoms in total. The van der Waals surface area contributed by atoms with Crippen molar-refractivity contribution in [2.45, 2.75) is 6.42 Å². The number of hydrogen-bond acceptors (Lipinski definition) is 5. The molecule has 2 aliphatic carbocycles. The van der Waals surface area contributed by atoms with Gasteiger partial charge in [-0.2, -0.15) is 0 Å². The first-order valence-electron chi connectivity index (χ1n) is 22.4. The Kier molecular flexibility index (Phi) is 8.91. The minimum Gasteiger partial charge on any atom is -0.456 e. The Labute approximate surface area is 381 Å². The summed E-state index contributed by atoms with van der Waals surface area (Å²) in [5, 5.41) is 4.07. The first kappa shape index (κ1) is 37.8. The van der Waals surface area contributed by atoms with Gasteiger partial charge in [-0.05, 0) is 117 Å². The van der Waals surface area contributed by atoms with Crippen LogP contribution in [0, 0.1) is 5.92 Å². The van der Waals surface area contributed by atoms with Crippen LogP contribution < -0.4 is 0 Å². The highest BCUT2D eigenvalue weighted by atomic mass is 16.3. The van der Waals surface area contributed by atoms with E-state index in [1.165, 1.54) is 22.3 Å². The molecule has 5 heteroatoms. The van der Waals surface area contributed by atoms with E-state index in [-0.39, 0.29) is 0 Å². The molecule has 0 saturated carbocycles. The van der Waals surface area contributed by atoms with Gasteiger partial charge in [0.2, 0.25) is 0 Å². The fraction of sp³-hybridized carbons (Fsp3) is 0.0328. The van der Waals surface area contributed by atoms with Crippen molar-refractivity contribution in [3.8, 4) is 67.5 Å². The van der Waals surface area contributed by atoms with Crippen LogP contribution in [0.3, 0.4) is 0 Å². The van der Waals surface area contributed by atoms with Crippen molar-refractivity contribution in [2.24, 2.45) is 5.92 Å². The molecule has 1 unspecified atom stereocenters. The SMILES string of the molecule is C1=CC2=CC=C(c3cccc(-c4nc(-c5ccc6c(c5)oc5ccccc56)nc(-c5cccc6oc7cc(-c8cc(-c9ccccc9)cc(-c9ccccc9)c8)ccc7c56)n4)c3)CC2C=C1. The summed E-state index contributed by atoms with van der Waals surface area (Å²) < 4.78 is 13.1. The van der Waals surface area contributed by atoms with Crippen molar-refractivity contribution in [3.63, 3.8) is 0 Å². The third-order valence-electron chi connectivity index (χ3n) is 13.1. The van der Waals surface area contributed by atoms with E-state index in [0.29, 0.717) is 23.4 Å². The zero-order valence-corrected chi connectivity index (χ0v) is 35.7. The second-order valence-electron chi connectivity index (χ2n) is 17.1. The first-order chi connectivity index (χ1) is 32.6. The van der Waals surface area contributed by atoms with E-state index in [4.69, 9.17) is 23.8 Å². The van der Waals surface area contributed by atoms with E-state index in [2.05, 4.69) is 182 Å². The van der Waals surface area contributed by atoms with E-state index in [1.54, 1.807) is 0 Å². The van der Waals surface area contributed by atoms with Crippen LogP contribution in [-0.4, -0.2) is 15.0 Å². The molecule has 3 heterocycles. The van der Waals surface area contributed by atoms with Crippen molar-refractivity contribution in [3.05, 3.63) is 230 Å². The van der Waals surface area contributed by atoms with Crippen LogP contribution >= 0.6 is 0 Å². The van der Waals surface area contributed by atoms with Crippen LogP contribution in [-0.2, 0) is 0 Å². The molecule has 1 atom stereocenters. The fourth-order valence-electron chi connectivity index (χ4n) is 9.74. The maximum atomic E-state index is 6.73. The number of benzene rings is 8. The summed E-state index contributed by atoms with van der Waals surface area (Å²) in [6, 6.07) is 63.6. The minimum atomic E-state index is 0.370. The predicted molar refractivity (Wildman–Crippen MR) is 269 cm³/mol. The van der Waals surface area contributed by atoms with Crippen LogP contribution in [0.15, 0.2) is 233 Å². The Hall–Kier alpha value is -8.67. The lowest BCUT2D eigenvalue weighted by molar-refractivity contribution is 0.668. The van der Waals surface area contributed by atoms with Crippen LogP contribution in [0.1, 0.15) is 12.0 Å². The van der Waals surface area contributed by atoms with Crippen molar-refractivity contribution >= 4 is 49.5 Å². The molecule has 0 spiro atoms. The second-order valence-corrected chi connectivity index (χ2v) is 17.1. The molecule has 13 rings (SSSR count). The largest absolute Gasteiger partial charge is 0.456 e. The van der Waals surface area contributed by atoms with E-state index in [9.17, 15) is 0 Å². The monoisotopic (exact) mass is 845 g/mol. The Morgan fingerprint density at radius 3 is 1.74 bits per heavy atom. The highest BCUT2D eigenvalue weighted by molar-refractivity contribution is 6.12. The average Bonchev–Trinajstić information content (AvgIpc) is 3.96. The molecular formula is C61H39N3O2. The number of rotatable bonds is 7. The summed E-state index contributed by atoms with van der Waals surface area (Å²) in [4.78, 5) is 15.8. The zero-order chi connectivity index (χ0) is 43.6. The summed E-state index contributed by atoms with van der Waals surface area (Å²) in [7, 11) is 0. The molecule has 310 valence electrons. The van der Waals surface area contributed by atoms with Crippen LogP contribution in [0.4, 0.5) is 0 Å². The van der Waals surface area contributed by atoms with E-state index < -0.39 is 0 Å². The molecule has 0 fully saturated rings. The minimum absolute atomic E-state index is 0.370. The summed E-state index contributed by atoms with van der Waals surface area (Å²) >= 11 is 0. The Bertz CT molecular complexity index is 3790. The molecule has 0 amide bonds. The third-order valence-corrected chi connectivity index (χ3v) is 13.1. The molecule has 0 bridgehead atoms. The summed E-state index contributed by atoms with van der Waals surface area (Å²) in [6.07, 6.45) is 14.2. The number of furan rings is 2. The van der Waals surface area contributed by atoms with Gasteiger partial charge in [-0.1, -0.05) is 158 Å². The average molecular weight is 846 g/mol. The van der Waals surface area contributed by atoms with Crippen molar-refractivity contribution in [1.82, 2.24) is 15.0 Å². The summed E-state index contributed by atoms with van der Waals surface area (Å²) in [5.41, 5.74) is 16.4. The summed E-state index contributed by atoms with van der Waals surface area (Å²) in [6.45, 7) is 0. The maximum Gasteiger partial charge on any atom is 0.164 e. The number of fused-ring (bicyclic) bond motifs is 7. The lowest BCUT2D eigenvalue weighted by atomic mass is 9.82. The molecule has 8 aromatic carbocycles. The molecule has 0 N–H and O–H groups in total. The van der Waals surface area contributed by atoms with Crippen LogP contribution in [0.2, 0.25) is 0 Å². The number of allylic oxidation sites excluding steroid dienone is 8. The van der Waals surface area contributed by atoms with Gasteiger partial charge in [0.05, 0.1) is 0 Å². The maximum absolute atomic E-state index is 6.73. The molecule has 0 saturated heterocycles. The first-order valence-corrected chi connectivity index (χ1v) is 22.4. The lowest BCUT2D eigenvalue weighted by Gasteiger charge is -2.22. The second kappa shape index (κ2) is 15.5. The van der Waals surface area contributed by atoms with Gasteiger partial charge in [0, 0.05) is 44.2 Å². The van der Waals surface area contributed by atoms with Gasteiger partial charge in [-0.25, -0.2) is 15.0 Å². The molecule has 11 aromatic rings. The van der Waals surface area contributed by atoms with Crippen LogP contribution in [0.5, 0.6) is 0 Å². The van der Waals surface area contributed by atoms with Gasteiger partial charge >= 0.3 is 0 Å². The highest BCUT2D eigenvalue weighted by Gasteiger charge is 2.22. The molecule has 0 radical (unpaired) electrons. The number of nitrogens with zero attached hydrogens (tertiary/aromatic N) is 3. The Morgan fingerprint density at radius 2 is 0.939 bits per heavy atom. The van der Waals surface area contributed by atoms with E-state index >= 15 is 0 Å². The van der Waals surface area contributed by atoms with E-state index in [0.717, 1.165) is 94.8 Å². The molecule has 3 aromatic heterocycles. The van der Waals surface area contributed by atoms with Crippen molar-refractivity contribution in [2.75, 3.05) is 0 Å². The van der Waals surface area contributed by atoms with E-state index in [1.807, 2.05) is 36.4 Å². The lowest BCUT2D eigenvalue weighted by Crippen LogP contribution is -2.07. The number of para-hydroxylation sites is 1. The van der Waals surface area contributed by atoms with Gasteiger partial charge < -0.3 is 8.83 Å². The Balaban J connectivity index is 0.956. The predicted octanol–water partition coefficient (Wildman–Crippen LogP) is 16.1. The van der Waals surface area contributed by atoms with Gasteiger partial charge in [0.1, 0.15) is 22.3 Å². The normalized spacial score (nSPS) is 14.5. The van der Waals surface area contributed by atoms with Crippen LogP contribution in [0.25, 0.3) is 117 Å². The third kappa shape index (κ3) is 6.68. The zero-order valence-electron chi connectivity index (χ0n) is 35.7. The van der Waals surface area contributed by atoms with Gasteiger partial charge in [0.15, 0.2) is 17.5 Å². The molecule has 66 heavy (non-hydrogen) atoms. The molecule has 2 aliphatic rings. The Morgan fingerprint density at radius 1 is 0.379 bits per heavy atom. The highest BCUT2D eigenvalue weighted by Crippen LogP contribution is 2.41. The van der Waals surface area contributed by atoms with Crippen molar-refractivity contribution in [1.29, 1.82) is 0 Å². The van der Waals surface area contributed by atoms with Gasteiger partial charge in [-0.15, -0.1) is 0 Å².